The zero-order chi connectivity index (χ0) is 21.7. The summed E-state index contributed by atoms with van der Waals surface area (Å²) in [5.41, 5.74) is 10.2. The molecule has 0 fully saturated rings. The number of hydrogen-bond acceptors (Lipinski definition) is 4. The van der Waals surface area contributed by atoms with E-state index in [2.05, 4.69) is 50.0 Å². The predicted molar refractivity (Wildman–Crippen MR) is 118 cm³/mol. The average Bonchev–Trinajstić information content (AvgIpc) is 3.27. The largest absolute Gasteiger partial charge is 0.460 e. The van der Waals surface area contributed by atoms with E-state index in [1.807, 2.05) is 16.7 Å². The Morgan fingerprint density at radius 2 is 1.80 bits per heavy atom. The molecule has 0 aliphatic heterocycles. The summed E-state index contributed by atoms with van der Waals surface area (Å²) >= 11 is 0. The normalized spacial score (nSPS) is 12.6. The number of benzene rings is 2. The van der Waals surface area contributed by atoms with Gasteiger partial charge in [0.1, 0.15) is 10.8 Å². The number of imidazole rings is 1. The predicted octanol–water partition coefficient (Wildman–Crippen LogP) is 4.03. The van der Waals surface area contributed by atoms with E-state index in [4.69, 9.17) is 10.2 Å². The van der Waals surface area contributed by atoms with Gasteiger partial charge in [0.05, 0.1) is 17.5 Å². The van der Waals surface area contributed by atoms with Crippen LogP contribution in [0.25, 0.3) is 22.6 Å². The average molecular weight is 425 g/mol. The molecule has 0 unspecified atom stereocenters. The molecule has 0 saturated carbocycles. The Morgan fingerprint density at radius 3 is 2.43 bits per heavy atom. The van der Waals surface area contributed by atoms with Crippen LogP contribution in [0.5, 0.6) is 0 Å². The second kappa shape index (κ2) is 7.13. The van der Waals surface area contributed by atoms with E-state index < -0.39 is 7.60 Å². The molecule has 156 valence electrons. The number of furan rings is 1. The van der Waals surface area contributed by atoms with Gasteiger partial charge in [0, 0.05) is 6.54 Å². The summed E-state index contributed by atoms with van der Waals surface area (Å²) in [7, 11) is -4.53. The van der Waals surface area contributed by atoms with E-state index in [-0.39, 0.29) is 16.5 Å². The minimum atomic E-state index is -4.53. The van der Waals surface area contributed by atoms with E-state index in [9.17, 15) is 14.4 Å². The van der Waals surface area contributed by atoms with Crippen LogP contribution in [-0.2, 0) is 16.5 Å². The highest BCUT2D eigenvalue weighted by atomic mass is 31.2. The van der Waals surface area contributed by atoms with Crippen molar-refractivity contribution in [2.45, 2.75) is 32.7 Å². The van der Waals surface area contributed by atoms with E-state index >= 15 is 0 Å². The first-order valence-corrected chi connectivity index (χ1v) is 11.1. The molecule has 4 aromatic rings. The molecule has 7 nitrogen and oxygen atoms in total. The van der Waals surface area contributed by atoms with Crippen LogP contribution in [0.15, 0.2) is 59.2 Å². The molecule has 4 rings (SSSR count). The Balaban J connectivity index is 1.87. The van der Waals surface area contributed by atoms with Crippen molar-refractivity contribution >= 4 is 29.6 Å². The van der Waals surface area contributed by atoms with Crippen LogP contribution in [0, 0.1) is 0 Å². The lowest BCUT2D eigenvalue weighted by molar-refractivity contribution is 0.387. The van der Waals surface area contributed by atoms with Crippen LogP contribution in [0.3, 0.4) is 0 Å². The van der Waals surface area contributed by atoms with Crippen LogP contribution in [0.1, 0.15) is 31.9 Å². The van der Waals surface area contributed by atoms with E-state index in [1.54, 1.807) is 6.07 Å². The maximum absolute atomic E-state index is 11.9. The lowest BCUT2D eigenvalue weighted by atomic mass is 9.87. The maximum atomic E-state index is 11.9. The highest BCUT2D eigenvalue weighted by molar-refractivity contribution is 7.60. The number of fused-ring (bicyclic) bond motifs is 1. The van der Waals surface area contributed by atoms with E-state index in [0.29, 0.717) is 23.6 Å². The highest BCUT2D eigenvalue weighted by Gasteiger charge is 2.29. The Labute approximate surface area is 174 Å². The third kappa shape index (κ3) is 3.67. The molecule has 0 atom stereocenters. The molecule has 2 heterocycles. The zero-order valence-electron chi connectivity index (χ0n) is 17.0. The van der Waals surface area contributed by atoms with Crippen molar-refractivity contribution < 1.29 is 18.8 Å². The summed E-state index contributed by atoms with van der Waals surface area (Å²) < 4.78 is 19.3. The molecule has 8 heteroatoms. The van der Waals surface area contributed by atoms with Gasteiger partial charge < -0.3 is 24.5 Å². The van der Waals surface area contributed by atoms with Gasteiger partial charge in [-0.1, -0.05) is 51.1 Å². The van der Waals surface area contributed by atoms with Gasteiger partial charge in [0.15, 0.2) is 11.6 Å². The zero-order valence-corrected chi connectivity index (χ0v) is 17.9. The number of para-hydroxylation sites is 1. The smallest absolute Gasteiger partial charge is 0.360 e. The van der Waals surface area contributed by atoms with Gasteiger partial charge in [-0.2, -0.15) is 0 Å². The number of rotatable bonds is 4. The molecule has 0 aliphatic carbocycles. The molecular weight excluding hydrogens is 401 g/mol. The molecule has 0 radical (unpaired) electrons. The van der Waals surface area contributed by atoms with Crippen molar-refractivity contribution in [1.29, 1.82) is 0 Å². The molecule has 0 saturated heterocycles. The summed E-state index contributed by atoms with van der Waals surface area (Å²) in [6.45, 7) is 6.92. The minimum Gasteiger partial charge on any atom is -0.460 e. The molecule has 0 bridgehead atoms. The fourth-order valence-electron chi connectivity index (χ4n) is 3.49. The third-order valence-electron chi connectivity index (χ3n) is 5.13. The lowest BCUT2D eigenvalue weighted by Crippen LogP contribution is -2.11. The van der Waals surface area contributed by atoms with Crippen molar-refractivity contribution in [3.05, 3.63) is 65.9 Å². The fourth-order valence-corrected chi connectivity index (χ4v) is 4.17. The van der Waals surface area contributed by atoms with Crippen LogP contribution in [-0.4, -0.2) is 19.3 Å². The Kier molecular flexibility index (Phi) is 4.85. The topological polar surface area (TPSA) is 115 Å². The molecule has 2 aromatic carbocycles. The molecule has 0 amide bonds. The number of anilines is 1. The number of hydrogen-bond donors (Lipinski definition) is 3. The van der Waals surface area contributed by atoms with Crippen LogP contribution >= 0.6 is 7.60 Å². The van der Waals surface area contributed by atoms with Crippen LogP contribution in [0.4, 0.5) is 5.69 Å². The molecule has 2 aromatic heterocycles. The Bertz CT molecular complexity index is 1260. The monoisotopic (exact) mass is 425 g/mol. The third-order valence-corrected chi connectivity index (χ3v) is 6.11. The first-order valence-electron chi connectivity index (χ1n) is 9.54. The first-order chi connectivity index (χ1) is 14.1. The SMILES string of the molecule is CC(C)(C)c1ccc(Cn2c(-c3occc3P(=O)(O)O)nc3c(N)cccc32)cc1. The minimum absolute atomic E-state index is 0.0465. The van der Waals surface area contributed by atoms with Gasteiger partial charge in [-0.3, -0.25) is 4.57 Å². The second-order valence-corrected chi connectivity index (χ2v) is 9.93. The van der Waals surface area contributed by atoms with Crippen molar-refractivity contribution in [2.24, 2.45) is 0 Å². The number of aromatic nitrogens is 2. The van der Waals surface area contributed by atoms with Crippen LogP contribution < -0.4 is 11.0 Å². The first kappa shape index (κ1) is 20.4. The molecule has 0 spiro atoms. The van der Waals surface area contributed by atoms with Gasteiger partial charge >= 0.3 is 7.60 Å². The molecular formula is C22H24N3O4P. The van der Waals surface area contributed by atoms with Crippen molar-refractivity contribution in [3.8, 4) is 11.6 Å². The van der Waals surface area contributed by atoms with Gasteiger partial charge in [-0.25, -0.2) is 4.98 Å². The van der Waals surface area contributed by atoms with Crippen molar-refractivity contribution in [2.75, 3.05) is 5.73 Å². The Hall–Kier alpha value is -2.86. The summed E-state index contributed by atoms with van der Waals surface area (Å²) in [4.78, 5) is 24.0. The van der Waals surface area contributed by atoms with Crippen LogP contribution in [0.2, 0.25) is 0 Å². The highest BCUT2D eigenvalue weighted by Crippen LogP contribution is 2.39. The number of nitrogens with zero attached hydrogens (tertiary/aromatic N) is 2. The molecule has 0 aliphatic rings. The summed E-state index contributed by atoms with van der Waals surface area (Å²) in [5, 5.41) is -0.194. The molecule has 30 heavy (non-hydrogen) atoms. The molecule has 4 N–H and O–H groups in total. The van der Waals surface area contributed by atoms with Gasteiger partial charge in [0.25, 0.3) is 0 Å². The number of nitrogen functional groups attached to an aromatic ring is 1. The Morgan fingerprint density at radius 1 is 1.10 bits per heavy atom. The van der Waals surface area contributed by atoms with Crippen molar-refractivity contribution in [3.63, 3.8) is 0 Å². The van der Waals surface area contributed by atoms with Gasteiger partial charge in [-0.05, 0) is 34.7 Å². The number of nitrogens with two attached hydrogens (primary N) is 1. The fraction of sp³-hybridized carbons (Fsp3) is 0.227. The van der Waals surface area contributed by atoms with Gasteiger partial charge in [0.2, 0.25) is 0 Å². The second-order valence-electron chi connectivity index (χ2n) is 8.36. The van der Waals surface area contributed by atoms with E-state index in [1.165, 1.54) is 17.9 Å². The quantitative estimate of drug-likeness (QED) is 0.336. The van der Waals surface area contributed by atoms with E-state index in [0.717, 1.165) is 11.1 Å². The summed E-state index contributed by atoms with van der Waals surface area (Å²) in [6, 6.07) is 15.0. The standard InChI is InChI=1S/C22H24N3O4P/c1-22(2,3)15-9-7-14(8-10-15)13-25-17-6-4-5-16(23)19(17)24-21(25)20-18(11-12-29-20)30(26,27)28/h4-12H,13,23H2,1-3H3,(H2,26,27,28). The van der Waals surface area contributed by atoms with Crippen molar-refractivity contribution in [1.82, 2.24) is 9.55 Å². The maximum Gasteiger partial charge on any atom is 0.360 e. The summed E-state index contributed by atoms with van der Waals surface area (Å²) in [5.74, 6) is 0.372. The summed E-state index contributed by atoms with van der Waals surface area (Å²) in [6.07, 6.45) is 1.26. The van der Waals surface area contributed by atoms with Gasteiger partial charge in [-0.15, -0.1) is 0 Å². The lowest BCUT2D eigenvalue weighted by Gasteiger charge is -2.19.